The number of halogens is 4. The molecule has 30 heavy (non-hydrogen) atoms. The molecule has 1 aliphatic rings. The van der Waals surface area contributed by atoms with E-state index in [9.17, 15) is 17.6 Å². The molecule has 0 radical (unpaired) electrons. The molecule has 0 atom stereocenters. The summed E-state index contributed by atoms with van der Waals surface area (Å²) in [7, 11) is 0. The smallest absolute Gasteiger partial charge is 0.170 e. The quantitative estimate of drug-likeness (QED) is 0.272. The van der Waals surface area contributed by atoms with Crippen molar-refractivity contribution in [3.05, 3.63) is 78.0 Å². The molecule has 0 bridgehead atoms. The van der Waals surface area contributed by atoms with Crippen molar-refractivity contribution in [1.29, 1.82) is 0 Å². The second kappa shape index (κ2) is 7.20. The third kappa shape index (κ3) is 3.22. The number of fused-ring (bicyclic) bond motifs is 1. The zero-order chi connectivity index (χ0) is 20.8. The van der Waals surface area contributed by atoms with Crippen LogP contribution >= 0.6 is 0 Å². The molecule has 6 heteroatoms. The molecule has 2 nitrogen and oxygen atoms in total. The van der Waals surface area contributed by atoms with Crippen LogP contribution in [0.5, 0.6) is 0 Å². The molecule has 0 spiro atoms. The molecule has 1 aliphatic carbocycles. The largest absolute Gasteiger partial charge is 0.385 e. The predicted molar refractivity (Wildman–Crippen MR) is 110 cm³/mol. The maximum Gasteiger partial charge on any atom is 0.170 e. The summed E-state index contributed by atoms with van der Waals surface area (Å²) in [5, 5.41) is 3.93. The maximum atomic E-state index is 14.9. The Hall–Kier alpha value is -3.28. The van der Waals surface area contributed by atoms with Crippen molar-refractivity contribution >= 4 is 16.6 Å². The number of hydrogen-bond acceptors (Lipinski definition) is 1. The highest BCUT2D eigenvalue weighted by Gasteiger charge is 2.27. The lowest BCUT2D eigenvalue weighted by molar-refractivity contribution is 0.463. The van der Waals surface area contributed by atoms with Crippen molar-refractivity contribution in [3.8, 4) is 22.3 Å². The van der Waals surface area contributed by atoms with Crippen LogP contribution in [-0.2, 0) is 0 Å². The van der Waals surface area contributed by atoms with Gasteiger partial charge in [0.25, 0.3) is 0 Å². The number of benzene rings is 3. The molecule has 0 saturated heterocycles. The van der Waals surface area contributed by atoms with Crippen molar-refractivity contribution in [2.45, 2.75) is 12.8 Å². The van der Waals surface area contributed by atoms with Crippen molar-refractivity contribution in [1.82, 2.24) is 4.98 Å². The lowest BCUT2D eigenvalue weighted by Gasteiger charge is -2.13. The van der Waals surface area contributed by atoms with E-state index in [1.54, 1.807) is 30.5 Å². The molecular weight excluding hydrogens is 392 g/mol. The van der Waals surface area contributed by atoms with E-state index >= 15 is 0 Å². The van der Waals surface area contributed by atoms with Crippen LogP contribution in [0.2, 0.25) is 0 Å². The average molecular weight is 410 g/mol. The highest BCUT2D eigenvalue weighted by Crippen LogP contribution is 2.38. The van der Waals surface area contributed by atoms with Gasteiger partial charge < -0.3 is 10.3 Å². The van der Waals surface area contributed by atoms with E-state index in [0.29, 0.717) is 11.3 Å². The van der Waals surface area contributed by atoms with Crippen LogP contribution in [0.3, 0.4) is 0 Å². The Morgan fingerprint density at radius 3 is 2.00 bits per heavy atom. The Morgan fingerprint density at radius 1 is 0.767 bits per heavy atom. The third-order valence-corrected chi connectivity index (χ3v) is 5.57. The van der Waals surface area contributed by atoms with E-state index in [1.807, 2.05) is 0 Å². The average Bonchev–Trinajstić information content (AvgIpc) is 3.47. The summed E-state index contributed by atoms with van der Waals surface area (Å²) in [6.45, 7) is 0.839. The van der Waals surface area contributed by atoms with Crippen LogP contribution in [0.4, 0.5) is 23.2 Å². The van der Waals surface area contributed by atoms with Crippen molar-refractivity contribution in [3.63, 3.8) is 0 Å². The van der Waals surface area contributed by atoms with Crippen LogP contribution in [0.15, 0.2) is 54.7 Å². The topological polar surface area (TPSA) is 27.8 Å². The normalized spacial score (nSPS) is 13.7. The molecule has 0 unspecified atom stereocenters. The van der Waals surface area contributed by atoms with E-state index in [4.69, 9.17) is 0 Å². The van der Waals surface area contributed by atoms with E-state index < -0.39 is 34.4 Å². The molecule has 1 heterocycles. The summed E-state index contributed by atoms with van der Waals surface area (Å²) >= 11 is 0. The first kappa shape index (κ1) is 18.7. The number of aromatic nitrogens is 1. The van der Waals surface area contributed by atoms with Gasteiger partial charge in [-0.25, -0.2) is 17.6 Å². The van der Waals surface area contributed by atoms with Gasteiger partial charge in [0, 0.05) is 23.9 Å². The highest BCUT2D eigenvalue weighted by atomic mass is 19.2. The van der Waals surface area contributed by atoms with Crippen molar-refractivity contribution in [2.75, 3.05) is 11.9 Å². The maximum absolute atomic E-state index is 14.9. The number of nitrogens with one attached hydrogen (secondary N) is 2. The lowest BCUT2D eigenvalue weighted by atomic mass is 9.96. The van der Waals surface area contributed by atoms with Crippen LogP contribution in [0, 0.1) is 29.2 Å². The van der Waals surface area contributed by atoms with Gasteiger partial charge in [0.05, 0.1) is 11.1 Å². The molecule has 0 amide bonds. The Bertz CT molecular complexity index is 1210. The summed E-state index contributed by atoms with van der Waals surface area (Å²) in [6, 6.07) is 12.5. The molecule has 3 aromatic carbocycles. The number of rotatable bonds is 5. The molecule has 2 N–H and O–H groups in total. The summed E-state index contributed by atoms with van der Waals surface area (Å²) in [4.78, 5) is 2.96. The fourth-order valence-corrected chi connectivity index (χ4v) is 3.69. The molecule has 1 fully saturated rings. The fourth-order valence-electron chi connectivity index (χ4n) is 3.69. The van der Waals surface area contributed by atoms with Gasteiger partial charge in [-0.3, -0.25) is 0 Å². The van der Waals surface area contributed by atoms with Gasteiger partial charge >= 0.3 is 0 Å². The number of anilines is 1. The third-order valence-electron chi connectivity index (χ3n) is 5.57. The molecule has 1 saturated carbocycles. The Kier molecular flexibility index (Phi) is 4.50. The number of hydrogen-bond donors (Lipinski definition) is 2. The summed E-state index contributed by atoms with van der Waals surface area (Å²) in [6.07, 6.45) is 4.07. The van der Waals surface area contributed by atoms with E-state index in [0.717, 1.165) is 17.7 Å². The standard InChI is InChI=1S/C24H18F4N2/c25-21-19(14-3-6-17(7-4-14)30-12-13-1-2-13)22(26)24(28)20(23(21)27)16-5-8-18-15(11-16)9-10-29-18/h3-11,13,29-30H,1-2,12H2. The molecule has 4 aromatic rings. The Balaban J connectivity index is 1.55. The predicted octanol–water partition coefficient (Wildman–Crippen LogP) is 6.88. The van der Waals surface area contributed by atoms with Crippen LogP contribution in [0.25, 0.3) is 33.2 Å². The zero-order valence-corrected chi connectivity index (χ0v) is 15.9. The summed E-state index contributed by atoms with van der Waals surface area (Å²) in [5.41, 5.74) is 0.287. The number of H-pyrrole nitrogens is 1. The molecule has 0 aliphatic heterocycles. The second-order valence-corrected chi connectivity index (χ2v) is 7.69. The SMILES string of the molecule is Fc1c(F)c(-c2ccc3[nH]ccc3c2)c(F)c(F)c1-c1ccc(NCC2CC2)cc1. The van der Waals surface area contributed by atoms with Gasteiger partial charge in [-0.15, -0.1) is 0 Å². The van der Waals surface area contributed by atoms with E-state index in [1.165, 1.54) is 37.1 Å². The van der Waals surface area contributed by atoms with Gasteiger partial charge in [0.15, 0.2) is 23.3 Å². The van der Waals surface area contributed by atoms with Gasteiger partial charge in [-0.2, -0.15) is 0 Å². The minimum atomic E-state index is -1.41. The van der Waals surface area contributed by atoms with Crippen LogP contribution < -0.4 is 5.32 Å². The summed E-state index contributed by atoms with van der Waals surface area (Å²) in [5.74, 6) is -4.96. The minimum absolute atomic E-state index is 0.0704. The monoisotopic (exact) mass is 410 g/mol. The van der Waals surface area contributed by atoms with Gasteiger partial charge in [-0.1, -0.05) is 18.2 Å². The van der Waals surface area contributed by atoms with E-state index in [2.05, 4.69) is 10.3 Å². The summed E-state index contributed by atoms with van der Waals surface area (Å²) < 4.78 is 59.6. The zero-order valence-electron chi connectivity index (χ0n) is 15.9. The first-order chi connectivity index (χ1) is 14.5. The molecular formula is C24H18F4N2. The number of aromatic amines is 1. The first-order valence-corrected chi connectivity index (χ1v) is 9.80. The minimum Gasteiger partial charge on any atom is -0.385 e. The second-order valence-electron chi connectivity index (χ2n) is 7.69. The highest BCUT2D eigenvalue weighted by molar-refractivity contribution is 5.86. The van der Waals surface area contributed by atoms with Gasteiger partial charge in [0.2, 0.25) is 0 Å². The fraction of sp³-hybridized carbons (Fsp3) is 0.167. The van der Waals surface area contributed by atoms with Gasteiger partial charge in [0.1, 0.15) is 0 Å². The Labute approximate surface area is 170 Å². The molecule has 5 rings (SSSR count). The van der Waals surface area contributed by atoms with Crippen LogP contribution in [-0.4, -0.2) is 11.5 Å². The Morgan fingerprint density at radius 2 is 1.37 bits per heavy atom. The molecule has 1 aromatic heterocycles. The van der Waals surface area contributed by atoms with Crippen molar-refractivity contribution in [2.24, 2.45) is 5.92 Å². The first-order valence-electron chi connectivity index (χ1n) is 9.80. The van der Waals surface area contributed by atoms with Gasteiger partial charge in [-0.05, 0) is 65.6 Å². The molecule has 152 valence electrons. The lowest BCUT2D eigenvalue weighted by Crippen LogP contribution is -2.04. The van der Waals surface area contributed by atoms with Crippen LogP contribution in [0.1, 0.15) is 12.8 Å². The van der Waals surface area contributed by atoms with Crippen molar-refractivity contribution < 1.29 is 17.6 Å². The van der Waals surface area contributed by atoms with E-state index in [-0.39, 0.29) is 11.1 Å².